The summed E-state index contributed by atoms with van der Waals surface area (Å²) in [7, 11) is 0. The summed E-state index contributed by atoms with van der Waals surface area (Å²) in [5, 5.41) is 3.90. The van der Waals surface area contributed by atoms with Crippen LogP contribution in [-0.4, -0.2) is 35.6 Å². The molecular formula is C17H30N2. The zero-order valence-electron chi connectivity index (χ0n) is 12.9. The molecule has 0 bridgehead atoms. The van der Waals surface area contributed by atoms with Gasteiger partial charge in [0.05, 0.1) is 0 Å². The van der Waals surface area contributed by atoms with Crippen LogP contribution in [0.1, 0.15) is 59.3 Å². The summed E-state index contributed by atoms with van der Waals surface area (Å²) >= 11 is 0. The predicted molar refractivity (Wildman–Crippen MR) is 82.1 cm³/mol. The van der Waals surface area contributed by atoms with Gasteiger partial charge in [0.1, 0.15) is 0 Å². The van der Waals surface area contributed by atoms with Crippen LogP contribution in [0.3, 0.4) is 0 Å². The first kappa shape index (κ1) is 14.9. The van der Waals surface area contributed by atoms with E-state index in [1.807, 2.05) is 0 Å². The van der Waals surface area contributed by atoms with E-state index in [1.54, 1.807) is 0 Å². The zero-order valence-corrected chi connectivity index (χ0v) is 12.9. The maximum absolute atomic E-state index is 5.54. The molecule has 0 aromatic heterocycles. The van der Waals surface area contributed by atoms with Crippen molar-refractivity contribution in [2.75, 3.05) is 13.1 Å². The Kier molecular flexibility index (Phi) is 4.92. The lowest BCUT2D eigenvalue weighted by Crippen LogP contribution is -2.67. The summed E-state index contributed by atoms with van der Waals surface area (Å²) in [6.45, 7) is 9.30. The Bertz CT molecular complexity index is 323. The lowest BCUT2D eigenvalue weighted by molar-refractivity contribution is 0.0122. The second kappa shape index (κ2) is 6.29. The van der Waals surface area contributed by atoms with Crippen molar-refractivity contribution in [1.29, 1.82) is 0 Å². The Morgan fingerprint density at radius 1 is 1.26 bits per heavy atom. The van der Waals surface area contributed by atoms with Gasteiger partial charge in [0.15, 0.2) is 0 Å². The largest absolute Gasteiger partial charge is 0.308 e. The van der Waals surface area contributed by atoms with E-state index in [0.717, 1.165) is 13.0 Å². The lowest BCUT2D eigenvalue weighted by Gasteiger charge is -2.52. The number of rotatable bonds is 3. The van der Waals surface area contributed by atoms with E-state index >= 15 is 0 Å². The van der Waals surface area contributed by atoms with Crippen molar-refractivity contribution in [2.24, 2.45) is 5.92 Å². The first-order chi connectivity index (χ1) is 9.08. The van der Waals surface area contributed by atoms with Crippen molar-refractivity contribution in [1.82, 2.24) is 10.2 Å². The SMILES string of the molecule is C#CCC(C)N1CC2(CCCCC2)NCC1C(C)C. The fourth-order valence-corrected chi connectivity index (χ4v) is 3.91. The van der Waals surface area contributed by atoms with Crippen LogP contribution in [0.25, 0.3) is 0 Å². The van der Waals surface area contributed by atoms with Gasteiger partial charge in [0, 0.05) is 37.1 Å². The minimum absolute atomic E-state index is 0.381. The highest BCUT2D eigenvalue weighted by Gasteiger charge is 2.41. The minimum atomic E-state index is 0.381. The standard InChI is InChI=1S/C17H30N2/c1-5-9-15(4)19-13-17(10-7-6-8-11-17)18-12-16(19)14(2)3/h1,14-16,18H,6-13H2,2-4H3. The lowest BCUT2D eigenvalue weighted by atomic mass is 9.78. The van der Waals surface area contributed by atoms with Crippen molar-refractivity contribution in [3.8, 4) is 12.3 Å². The van der Waals surface area contributed by atoms with E-state index in [1.165, 1.54) is 38.6 Å². The molecule has 0 amide bonds. The van der Waals surface area contributed by atoms with Gasteiger partial charge in [-0.05, 0) is 25.7 Å². The molecule has 0 aromatic carbocycles. The van der Waals surface area contributed by atoms with Crippen LogP contribution in [-0.2, 0) is 0 Å². The Hall–Kier alpha value is -0.520. The molecule has 2 heteroatoms. The molecule has 2 aliphatic rings. The molecule has 2 nitrogen and oxygen atoms in total. The zero-order chi connectivity index (χ0) is 13.9. The molecule has 1 saturated carbocycles. The van der Waals surface area contributed by atoms with Crippen molar-refractivity contribution in [2.45, 2.75) is 76.9 Å². The van der Waals surface area contributed by atoms with E-state index in [9.17, 15) is 0 Å². The first-order valence-corrected chi connectivity index (χ1v) is 8.02. The molecular weight excluding hydrogens is 232 g/mol. The topological polar surface area (TPSA) is 15.3 Å². The van der Waals surface area contributed by atoms with Gasteiger partial charge in [-0.25, -0.2) is 0 Å². The maximum Gasteiger partial charge on any atom is 0.0309 e. The number of nitrogens with one attached hydrogen (secondary N) is 1. The van der Waals surface area contributed by atoms with Crippen molar-refractivity contribution in [3.63, 3.8) is 0 Å². The highest BCUT2D eigenvalue weighted by Crippen LogP contribution is 2.34. The van der Waals surface area contributed by atoms with E-state index < -0.39 is 0 Å². The van der Waals surface area contributed by atoms with E-state index in [2.05, 4.69) is 36.9 Å². The first-order valence-electron chi connectivity index (χ1n) is 8.02. The van der Waals surface area contributed by atoms with Crippen molar-refractivity contribution >= 4 is 0 Å². The quantitative estimate of drug-likeness (QED) is 0.787. The Labute approximate surface area is 119 Å². The third kappa shape index (κ3) is 3.33. The Morgan fingerprint density at radius 3 is 2.53 bits per heavy atom. The molecule has 2 unspecified atom stereocenters. The molecule has 1 spiro atoms. The summed E-state index contributed by atoms with van der Waals surface area (Å²) in [5.74, 6) is 3.54. The molecule has 0 radical (unpaired) electrons. The molecule has 2 rings (SSSR count). The summed E-state index contributed by atoms with van der Waals surface area (Å²) < 4.78 is 0. The average Bonchev–Trinajstić information content (AvgIpc) is 2.39. The monoisotopic (exact) mass is 262 g/mol. The maximum atomic E-state index is 5.54. The predicted octanol–water partition coefficient (Wildman–Crippen LogP) is 3.03. The van der Waals surface area contributed by atoms with Crippen molar-refractivity contribution < 1.29 is 0 Å². The number of nitrogens with zero attached hydrogens (tertiary/aromatic N) is 1. The number of hydrogen-bond donors (Lipinski definition) is 1. The molecule has 19 heavy (non-hydrogen) atoms. The Morgan fingerprint density at radius 2 is 1.95 bits per heavy atom. The number of piperazine rings is 1. The molecule has 1 N–H and O–H groups in total. The van der Waals surface area contributed by atoms with Crippen molar-refractivity contribution in [3.05, 3.63) is 0 Å². The highest BCUT2D eigenvalue weighted by molar-refractivity contribution is 5.03. The summed E-state index contributed by atoms with van der Waals surface area (Å²) in [6, 6.07) is 1.15. The highest BCUT2D eigenvalue weighted by atomic mass is 15.3. The summed E-state index contributed by atoms with van der Waals surface area (Å²) in [5.41, 5.74) is 0.381. The van der Waals surface area contributed by atoms with Crippen LogP contribution in [0, 0.1) is 18.3 Å². The third-order valence-electron chi connectivity index (χ3n) is 5.16. The van der Waals surface area contributed by atoms with E-state index in [-0.39, 0.29) is 0 Å². The average molecular weight is 262 g/mol. The fourth-order valence-electron chi connectivity index (χ4n) is 3.91. The second-order valence-corrected chi connectivity index (χ2v) is 6.96. The van der Waals surface area contributed by atoms with Crippen LogP contribution < -0.4 is 5.32 Å². The summed E-state index contributed by atoms with van der Waals surface area (Å²) in [4.78, 5) is 2.70. The number of terminal acetylenes is 1. The number of hydrogen-bond acceptors (Lipinski definition) is 2. The molecule has 0 aromatic rings. The molecule has 1 aliphatic carbocycles. The van der Waals surface area contributed by atoms with Gasteiger partial charge < -0.3 is 5.32 Å². The molecule has 1 saturated heterocycles. The van der Waals surface area contributed by atoms with Crippen LogP contribution in [0.5, 0.6) is 0 Å². The van der Waals surface area contributed by atoms with Gasteiger partial charge in [0.25, 0.3) is 0 Å². The van der Waals surface area contributed by atoms with Crippen LogP contribution in [0.2, 0.25) is 0 Å². The molecule has 1 aliphatic heterocycles. The minimum Gasteiger partial charge on any atom is -0.308 e. The van der Waals surface area contributed by atoms with Gasteiger partial charge >= 0.3 is 0 Å². The molecule has 108 valence electrons. The van der Waals surface area contributed by atoms with Gasteiger partial charge in [-0.2, -0.15) is 0 Å². The summed E-state index contributed by atoms with van der Waals surface area (Å²) in [6.07, 6.45) is 13.3. The fraction of sp³-hybridized carbons (Fsp3) is 0.882. The normalized spacial score (nSPS) is 29.3. The van der Waals surface area contributed by atoms with Gasteiger partial charge in [0.2, 0.25) is 0 Å². The third-order valence-corrected chi connectivity index (χ3v) is 5.16. The smallest absolute Gasteiger partial charge is 0.0309 e. The second-order valence-electron chi connectivity index (χ2n) is 6.96. The Balaban J connectivity index is 2.10. The van der Waals surface area contributed by atoms with Crippen LogP contribution >= 0.6 is 0 Å². The van der Waals surface area contributed by atoms with Crippen LogP contribution in [0.15, 0.2) is 0 Å². The van der Waals surface area contributed by atoms with Gasteiger partial charge in [-0.3, -0.25) is 4.90 Å². The van der Waals surface area contributed by atoms with E-state index in [0.29, 0.717) is 23.5 Å². The van der Waals surface area contributed by atoms with Gasteiger partial charge in [-0.1, -0.05) is 33.1 Å². The van der Waals surface area contributed by atoms with E-state index in [4.69, 9.17) is 6.42 Å². The molecule has 2 atom stereocenters. The molecule has 2 fully saturated rings. The van der Waals surface area contributed by atoms with Gasteiger partial charge in [-0.15, -0.1) is 12.3 Å². The van der Waals surface area contributed by atoms with Crippen LogP contribution in [0.4, 0.5) is 0 Å². The molecule has 1 heterocycles.